The molecule has 0 fully saturated rings. The van der Waals surface area contributed by atoms with E-state index in [9.17, 15) is 9.59 Å². The molecule has 0 saturated carbocycles. The van der Waals surface area contributed by atoms with Gasteiger partial charge in [-0.25, -0.2) is 0 Å². The Kier molecular flexibility index (Phi) is 17.3. The van der Waals surface area contributed by atoms with Crippen molar-refractivity contribution in [1.82, 2.24) is 10.6 Å². The second-order valence-corrected chi connectivity index (χ2v) is 24.4. The minimum atomic E-state index is -0.388. The van der Waals surface area contributed by atoms with E-state index >= 15 is 0 Å². The van der Waals surface area contributed by atoms with E-state index in [0.717, 1.165) is 107 Å². The van der Waals surface area contributed by atoms with E-state index in [1.54, 1.807) is 0 Å². The first-order valence-corrected chi connectivity index (χ1v) is 30.8. The van der Waals surface area contributed by atoms with Crippen LogP contribution in [0.15, 0.2) is 207 Å². The Bertz CT molecular complexity index is 3940. The van der Waals surface area contributed by atoms with Crippen molar-refractivity contribution in [3.05, 3.63) is 203 Å². The van der Waals surface area contributed by atoms with Crippen LogP contribution >= 0.6 is 0 Å². The minimum absolute atomic E-state index is 0.0268. The van der Waals surface area contributed by atoms with Crippen LogP contribution in [0.5, 0.6) is 0 Å². The number of azo groups is 2. The minimum Gasteiger partial charge on any atom is -0.465 e. The summed E-state index contributed by atoms with van der Waals surface area (Å²) in [6.07, 6.45) is 14.9. The number of rotatable bonds is 21. The van der Waals surface area contributed by atoms with Gasteiger partial charge in [-0.2, -0.15) is 9.69 Å². The Hall–Kier alpha value is -8.97. The lowest BCUT2D eigenvalue weighted by Gasteiger charge is -2.36. The number of allylic oxidation sites excluding steroid dienone is 7. The van der Waals surface area contributed by atoms with Gasteiger partial charge in [0, 0.05) is 106 Å². The molecular weight excluding hydrogens is 1060 g/mol. The van der Waals surface area contributed by atoms with Crippen LogP contribution < -0.4 is 26.2 Å². The molecule has 0 saturated heterocycles. The van der Waals surface area contributed by atoms with Gasteiger partial charge in [-0.05, 0) is 151 Å². The zero-order chi connectivity index (χ0) is 60.0. The number of benzene rings is 7. The number of carbonyl (C=O) groups is 2. The maximum Gasteiger partial charge on any atom is 0.306 e. The molecule has 7 aromatic rings. The van der Waals surface area contributed by atoms with Gasteiger partial charge < -0.3 is 30.9 Å². The molecule has 0 radical (unpaired) electrons. The number of esters is 1. The normalized spacial score (nSPS) is 17.5. The maximum atomic E-state index is 12.9. The highest BCUT2D eigenvalue weighted by Crippen LogP contribution is 2.48. The molecule has 0 spiro atoms. The second kappa shape index (κ2) is 25.3. The summed E-state index contributed by atoms with van der Waals surface area (Å²) in [5.41, 5.74) is 17.4. The van der Waals surface area contributed by atoms with Gasteiger partial charge in [-0.15, -0.1) is 15.3 Å². The monoisotopic (exact) mass is 1150 g/mol. The predicted octanol–water partition coefficient (Wildman–Crippen LogP) is 17.5. The number of anilines is 3. The smallest absolute Gasteiger partial charge is 0.306 e. The molecule has 86 heavy (non-hydrogen) atoms. The molecule has 0 unspecified atom stereocenters. The SMILES string of the molecule is CCN1/C(=C\C=C2/CCCC(/C=C/C3=[N+](CC)c4ccccc4C3(C)C)=C2NCCCCNC(=O)CCC(=O)OCCc2ccc(N=Nc3ccc(N=Nc4ccc5c6c(cccc46)NC(C)(C)N5)c4ccccc34)cc2)C(C)(C)c2ccccc21. The van der Waals surface area contributed by atoms with Crippen molar-refractivity contribution >= 4 is 84.6 Å². The van der Waals surface area contributed by atoms with Gasteiger partial charge >= 0.3 is 5.97 Å². The fraction of sp³-hybridized carbons (Fsp3) is 0.329. The Balaban J connectivity index is 0.646. The van der Waals surface area contributed by atoms with E-state index in [1.807, 2.05) is 72.8 Å². The van der Waals surface area contributed by atoms with Gasteiger partial charge in [0.05, 0.1) is 41.2 Å². The largest absolute Gasteiger partial charge is 0.465 e. The second-order valence-electron chi connectivity index (χ2n) is 24.4. The van der Waals surface area contributed by atoms with Crippen molar-refractivity contribution in [3.8, 4) is 0 Å². The number of amides is 1. The average Bonchev–Trinajstić information content (AvgIpc) is 1.62. The van der Waals surface area contributed by atoms with Crippen molar-refractivity contribution in [2.45, 2.75) is 123 Å². The van der Waals surface area contributed by atoms with Crippen LogP contribution in [-0.4, -0.2) is 60.6 Å². The molecule has 0 aromatic heterocycles. The first-order valence-electron chi connectivity index (χ1n) is 30.8. The lowest BCUT2D eigenvalue weighted by atomic mass is 9.81. The lowest BCUT2D eigenvalue weighted by Crippen LogP contribution is -2.41. The van der Waals surface area contributed by atoms with Crippen LogP contribution in [-0.2, 0) is 31.6 Å². The molecule has 4 N–H and O–H groups in total. The first-order chi connectivity index (χ1) is 41.6. The van der Waals surface area contributed by atoms with E-state index < -0.39 is 0 Å². The summed E-state index contributed by atoms with van der Waals surface area (Å²) in [7, 11) is 0. The van der Waals surface area contributed by atoms with E-state index in [1.165, 1.54) is 50.8 Å². The summed E-state index contributed by atoms with van der Waals surface area (Å²) in [4.78, 5) is 28.1. The van der Waals surface area contributed by atoms with Gasteiger partial charge in [0.25, 0.3) is 0 Å². The fourth-order valence-corrected chi connectivity index (χ4v) is 12.9. The maximum absolute atomic E-state index is 12.9. The molecule has 7 aromatic carbocycles. The summed E-state index contributed by atoms with van der Waals surface area (Å²) in [5.74, 6) is -0.538. The average molecular weight is 1150 g/mol. The third kappa shape index (κ3) is 12.4. The number of para-hydroxylation sites is 2. The molecule has 3 aliphatic heterocycles. The molecule has 1 amide bonds. The topological polar surface area (TPSA) is 147 Å². The van der Waals surface area contributed by atoms with E-state index in [4.69, 9.17) is 15.0 Å². The van der Waals surface area contributed by atoms with E-state index in [-0.39, 0.29) is 47.8 Å². The van der Waals surface area contributed by atoms with Crippen molar-refractivity contribution in [2.24, 2.45) is 20.5 Å². The van der Waals surface area contributed by atoms with Crippen molar-refractivity contribution in [2.75, 3.05) is 48.3 Å². The molecule has 0 atom stereocenters. The number of hydrogen-bond acceptors (Lipinski definition) is 11. The number of nitrogens with one attached hydrogen (secondary N) is 4. The summed E-state index contributed by atoms with van der Waals surface area (Å²) in [5, 5.41) is 36.7. The van der Waals surface area contributed by atoms with Crippen LogP contribution in [0.2, 0.25) is 0 Å². The Morgan fingerprint density at radius 2 is 1.30 bits per heavy atom. The van der Waals surface area contributed by atoms with Crippen LogP contribution in [0.4, 0.5) is 45.5 Å². The number of unbranched alkanes of at least 4 members (excludes halogenated alkanes) is 1. The number of ether oxygens (including phenoxy) is 1. The van der Waals surface area contributed by atoms with Crippen molar-refractivity contribution < 1.29 is 18.9 Å². The van der Waals surface area contributed by atoms with E-state index in [2.05, 4.69) is 187 Å². The Morgan fingerprint density at radius 3 is 2.05 bits per heavy atom. The van der Waals surface area contributed by atoms with Crippen molar-refractivity contribution in [3.63, 3.8) is 0 Å². The van der Waals surface area contributed by atoms with Gasteiger partial charge in [0.1, 0.15) is 12.2 Å². The highest BCUT2D eigenvalue weighted by atomic mass is 16.5. The predicted molar refractivity (Wildman–Crippen MR) is 352 cm³/mol. The third-order valence-electron chi connectivity index (χ3n) is 17.4. The number of hydrogen-bond donors (Lipinski definition) is 4. The molecule has 11 rings (SSSR count). The van der Waals surface area contributed by atoms with Gasteiger partial charge in [-0.1, -0.05) is 111 Å². The van der Waals surface area contributed by atoms with Gasteiger partial charge in [0.15, 0.2) is 5.71 Å². The van der Waals surface area contributed by atoms with E-state index in [0.29, 0.717) is 18.7 Å². The summed E-state index contributed by atoms with van der Waals surface area (Å²) >= 11 is 0. The molecule has 3 heterocycles. The number of carbonyl (C=O) groups excluding carboxylic acids is 2. The quantitative estimate of drug-likeness (QED) is 0.0242. The number of nitrogens with zero attached hydrogens (tertiary/aromatic N) is 6. The van der Waals surface area contributed by atoms with Crippen LogP contribution in [0.25, 0.3) is 21.5 Å². The highest BCUT2D eigenvalue weighted by Gasteiger charge is 2.44. The summed E-state index contributed by atoms with van der Waals surface area (Å²) < 4.78 is 8.01. The molecule has 0 bridgehead atoms. The zero-order valence-electron chi connectivity index (χ0n) is 51.2. The molecule has 13 heteroatoms. The highest BCUT2D eigenvalue weighted by molar-refractivity contribution is 6.10. The fourth-order valence-electron chi connectivity index (χ4n) is 12.9. The Morgan fingerprint density at radius 1 is 0.651 bits per heavy atom. The van der Waals surface area contributed by atoms with Gasteiger partial charge in [0.2, 0.25) is 11.6 Å². The number of likely N-dealkylation sites (N-methyl/N-ethyl adjacent to an activating group) is 1. The third-order valence-corrected chi connectivity index (χ3v) is 17.4. The molecular formula is C73H81N10O3+. The van der Waals surface area contributed by atoms with Crippen LogP contribution in [0.1, 0.15) is 117 Å². The molecule has 1 aliphatic carbocycles. The van der Waals surface area contributed by atoms with Gasteiger partial charge in [-0.3, -0.25) is 9.59 Å². The molecule has 4 aliphatic rings. The van der Waals surface area contributed by atoms with Crippen LogP contribution in [0.3, 0.4) is 0 Å². The summed E-state index contributed by atoms with van der Waals surface area (Å²) in [6.45, 7) is 21.4. The number of fused-ring (bicyclic) bond motifs is 3. The van der Waals surface area contributed by atoms with Crippen LogP contribution in [0, 0.1) is 0 Å². The zero-order valence-corrected chi connectivity index (χ0v) is 51.2. The standard InChI is InChI=1S/C73H80N10O3/c1-9-82-63-29-15-13-26-56(63)71(3,4)65(82)41-33-50-21-19-22-51(34-42-66-72(5,6)57-27-14-16-30-64(57)83(66)10-2)70(50)75-47-18-17-46-74-67(84)43-44-68(85)86-48-45-49-31-35-52(36-32-49)78-79-58-37-38-59(54-24-12-11-23-53(54)58)80-81-60-39-40-62-69-55(60)25-20-28-61(69)76-73(7,8)77-62/h11-16,20,23-42H,9-10,17-19,21-22,43-48H2,1-8H3,(H3,74,76,77,78,80,84)/p+1/b50-33+,65-41-. The molecule has 13 nitrogen and oxygen atoms in total. The Labute approximate surface area is 506 Å². The molecule has 440 valence electrons. The lowest BCUT2D eigenvalue weighted by molar-refractivity contribution is -0.433. The van der Waals surface area contributed by atoms with Crippen molar-refractivity contribution in [1.29, 1.82) is 0 Å². The first kappa shape index (κ1) is 58.8. The summed E-state index contributed by atoms with van der Waals surface area (Å²) in [6, 6.07) is 47.5.